The lowest BCUT2D eigenvalue weighted by Gasteiger charge is -2.21. The Morgan fingerprint density at radius 1 is 1.25 bits per heavy atom. The number of H-pyrrole nitrogens is 1. The van der Waals surface area contributed by atoms with Crippen molar-refractivity contribution in [1.29, 1.82) is 0 Å². The van der Waals surface area contributed by atoms with Crippen LogP contribution in [0.15, 0.2) is 36.8 Å². The van der Waals surface area contributed by atoms with Gasteiger partial charge in [0.15, 0.2) is 5.82 Å². The number of aromatic amines is 1. The highest BCUT2D eigenvalue weighted by molar-refractivity contribution is 6.06. The molecule has 9 nitrogen and oxygen atoms in total. The summed E-state index contributed by atoms with van der Waals surface area (Å²) in [5.74, 6) is 0.127. The molecule has 3 aromatic rings. The third-order valence-electron chi connectivity index (χ3n) is 3.70. The molecular weight excluding hydrogens is 308 g/mol. The number of aromatic nitrogens is 6. The summed E-state index contributed by atoms with van der Waals surface area (Å²) in [5, 5.41) is 20.3. The van der Waals surface area contributed by atoms with Gasteiger partial charge in [-0.3, -0.25) is 9.89 Å². The molecule has 0 atom stereocenters. The van der Waals surface area contributed by atoms with Gasteiger partial charge in [0.1, 0.15) is 11.9 Å². The first kappa shape index (κ1) is 15.7. The third-order valence-corrected chi connectivity index (χ3v) is 3.70. The lowest BCUT2D eigenvalue weighted by atomic mass is 10.2. The molecule has 0 aliphatic heterocycles. The number of hydrogen-bond donors (Lipinski definition) is 2. The molecule has 1 aromatic carbocycles. The van der Waals surface area contributed by atoms with Gasteiger partial charge in [-0.2, -0.15) is 9.78 Å². The molecule has 0 fully saturated rings. The van der Waals surface area contributed by atoms with Crippen molar-refractivity contribution >= 4 is 17.3 Å². The van der Waals surface area contributed by atoms with E-state index < -0.39 is 0 Å². The maximum Gasteiger partial charge on any atom is 0.261 e. The molecule has 0 bridgehead atoms. The molecule has 0 spiro atoms. The first-order valence-corrected chi connectivity index (χ1v) is 7.66. The summed E-state index contributed by atoms with van der Waals surface area (Å²) < 4.78 is 1.35. The number of nitrogens with zero attached hydrogens (tertiary/aromatic N) is 6. The molecule has 0 unspecified atom stereocenters. The average molecular weight is 326 g/mol. The topological polar surface area (TPSA) is 105 Å². The fourth-order valence-electron chi connectivity index (χ4n) is 2.43. The van der Waals surface area contributed by atoms with Gasteiger partial charge in [0.05, 0.1) is 6.20 Å². The molecule has 2 aromatic heterocycles. The molecule has 0 aliphatic carbocycles. The number of amides is 1. The van der Waals surface area contributed by atoms with Crippen molar-refractivity contribution in [1.82, 2.24) is 30.4 Å². The fraction of sp³-hybridized carbons (Fsp3) is 0.267. The Labute approximate surface area is 138 Å². The molecule has 2 N–H and O–H groups in total. The highest BCUT2D eigenvalue weighted by atomic mass is 16.1. The van der Waals surface area contributed by atoms with Crippen LogP contribution in [0.2, 0.25) is 0 Å². The van der Waals surface area contributed by atoms with Crippen molar-refractivity contribution in [2.75, 3.05) is 23.3 Å². The van der Waals surface area contributed by atoms with Crippen molar-refractivity contribution in [2.24, 2.45) is 0 Å². The fourth-order valence-corrected chi connectivity index (χ4v) is 2.43. The second kappa shape index (κ2) is 6.90. The minimum absolute atomic E-state index is 0.287. The summed E-state index contributed by atoms with van der Waals surface area (Å²) in [4.78, 5) is 14.7. The van der Waals surface area contributed by atoms with Crippen LogP contribution in [0.5, 0.6) is 0 Å². The van der Waals surface area contributed by atoms with Crippen molar-refractivity contribution in [2.45, 2.75) is 13.8 Å². The summed E-state index contributed by atoms with van der Waals surface area (Å²) in [6.45, 7) is 6.09. The zero-order valence-electron chi connectivity index (χ0n) is 13.5. The maximum absolute atomic E-state index is 12.5. The van der Waals surface area contributed by atoms with Gasteiger partial charge in [-0.1, -0.05) is 0 Å². The van der Waals surface area contributed by atoms with E-state index in [0.717, 1.165) is 18.8 Å². The van der Waals surface area contributed by atoms with E-state index >= 15 is 0 Å². The third kappa shape index (κ3) is 3.09. The van der Waals surface area contributed by atoms with Gasteiger partial charge in [-0.15, -0.1) is 5.10 Å². The molecule has 9 heteroatoms. The smallest absolute Gasteiger partial charge is 0.261 e. The van der Waals surface area contributed by atoms with Crippen LogP contribution in [-0.2, 0) is 0 Å². The van der Waals surface area contributed by atoms with Crippen molar-refractivity contribution in [3.63, 3.8) is 0 Å². The van der Waals surface area contributed by atoms with Gasteiger partial charge in [0.2, 0.25) is 0 Å². The Bertz CT molecular complexity index is 789. The predicted octanol–water partition coefficient (Wildman–Crippen LogP) is 1.48. The van der Waals surface area contributed by atoms with E-state index in [1.54, 1.807) is 0 Å². The number of carbonyl (C=O) groups excluding carboxylic acids is 1. The van der Waals surface area contributed by atoms with Gasteiger partial charge in [-0.05, 0) is 48.5 Å². The number of nitrogens with one attached hydrogen (secondary N) is 2. The lowest BCUT2D eigenvalue weighted by molar-refractivity contribution is 0.102. The minimum Gasteiger partial charge on any atom is -0.372 e. The van der Waals surface area contributed by atoms with Crippen LogP contribution < -0.4 is 10.2 Å². The number of rotatable bonds is 6. The minimum atomic E-state index is -0.287. The van der Waals surface area contributed by atoms with Crippen LogP contribution >= 0.6 is 0 Å². The van der Waals surface area contributed by atoms with Gasteiger partial charge >= 0.3 is 0 Å². The van der Waals surface area contributed by atoms with Crippen LogP contribution in [0.1, 0.15) is 24.2 Å². The van der Waals surface area contributed by atoms with Crippen LogP contribution in [0.25, 0.3) is 5.82 Å². The van der Waals surface area contributed by atoms with E-state index in [9.17, 15) is 4.79 Å². The van der Waals surface area contributed by atoms with Crippen molar-refractivity contribution in [3.05, 3.63) is 42.4 Å². The summed E-state index contributed by atoms with van der Waals surface area (Å²) in [5.41, 5.74) is 2.19. The first-order valence-electron chi connectivity index (χ1n) is 7.66. The molecule has 124 valence electrons. The summed E-state index contributed by atoms with van der Waals surface area (Å²) in [6, 6.07) is 7.73. The number of tetrazole rings is 1. The number of hydrogen-bond acceptors (Lipinski definition) is 6. The predicted molar refractivity (Wildman–Crippen MR) is 89.3 cm³/mol. The van der Waals surface area contributed by atoms with Gasteiger partial charge in [0, 0.05) is 24.5 Å². The van der Waals surface area contributed by atoms with Crippen LogP contribution in [0.3, 0.4) is 0 Å². The van der Waals surface area contributed by atoms with E-state index in [4.69, 9.17) is 0 Å². The molecule has 0 saturated carbocycles. The number of benzene rings is 1. The number of carbonyl (C=O) groups is 1. The monoisotopic (exact) mass is 326 g/mol. The van der Waals surface area contributed by atoms with Gasteiger partial charge < -0.3 is 10.2 Å². The highest BCUT2D eigenvalue weighted by Crippen LogP contribution is 2.19. The molecule has 2 heterocycles. The summed E-state index contributed by atoms with van der Waals surface area (Å²) in [6.07, 6.45) is 2.83. The van der Waals surface area contributed by atoms with Crippen molar-refractivity contribution in [3.8, 4) is 5.82 Å². The maximum atomic E-state index is 12.5. The number of anilines is 2. The normalized spacial score (nSPS) is 10.6. The highest BCUT2D eigenvalue weighted by Gasteiger charge is 2.16. The van der Waals surface area contributed by atoms with Crippen LogP contribution in [-0.4, -0.2) is 49.4 Å². The Hall–Kier alpha value is -3.23. The van der Waals surface area contributed by atoms with E-state index in [1.165, 1.54) is 17.2 Å². The average Bonchev–Trinajstić information content (AvgIpc) is 3.28. The summed E-state index contributed by atoms with van der Waals surface area (Å²) >= 11 is 0. The Balaban J connectivity index is 1.75. The Morgan fingerprint density at radius 3 is 2.62 bits per heavy atom. The van der Waals surface area contributed by atoms with E-state index in [0.29, 0.717) is 17.1 Å². The zero-order valence-corrected chi connectivity index (χ0v) is 13.5. The molecule has 1 amide bonds. The van der Waals surface area contributed by atoms with Gasteiger partial charge in [0.25, 0.3) is 5.91 Å². The Kier molecular flexibility index (Phi) is 4.50. The first-order chi connectivity index (χ1) is 11.7. The molecule has 0 saturated heterocycles. The second-order valence-corrected chi connectivity index (χ2v) is 5.06. The molecular formula is C15H18N8O. The van der Waals surface area contributed by atoms with E-state index in [1.807, 2.05) is 24.3 Å². The van der Waals surface area contributed by atoms with E-state index in [-0.39, 0.29) is 5.91 Å². The van der Waals surface area contributed by atoms with Crippen LogP contribution in [0.4, 0.5) is 11.4 Å². The SMILES string of the molecule is CCN(CC)c1ccc(NC(=O)c2cn[nH]c2-n2cnnn2)cc1. The molecule has 3 rings (SSSR count). The lowest BCUT2D eigenvalue weighted by Crippen LogP contribution is -2.21. The molecule has 0 aliphatic rings. The molecule has 24 heavy (non-hydrogen) atoms. The van der Waals surface area contributed by atoms with Gasteiger partial charge in [-0.25, -0.2) is 0 Å². The molecule has 0 radical (unpaired) electrons. The quantitative estimate of drug-likeness (QED) is 0.711. The largest absolute Gasteiger partial charge is 0.372 e. The van der Waals surface area contributed by atoms with E-state index in [2.05, 4.69) is 49.8 Å². The zero-order chi connectivity index (χ0) is 16.9. The standard InChI is InChI=1S/C15H18N8O/c1-3-22(4-2)12-7-5-11(6-8-12)18-15(24)13-9-16-19-14(13)23-10-17-20-21-23/h5-10H,3-4H2,1-2H3,(H,16,19)(H,18,24). The van der Waals surface area contributed by atoms with Crippen molar-refractivity contribution < 1.29 is 4.79 Å². The summed E-state index contributed by atoms with van der Waals surface area (Å²) in [7, 11) is 0. The second-order valence-electron chi connectivity index (χ2n) is 5.06. The van der Waals surface area contributed by atoms with Crippen LogP contribution in [0, 0.1) is 0 Å². The Morgan fingerprint density at radius 2 is 2.00 bits per heavy atom.